The molecule has 7 heteroatoms. The number of aromatic hydroxyl groups is 1. The number of rotatable bonds is 7. The van der Waals surface area contributed by atoms with E-state index in [4.69, 9.17) is 18.9 Å². The average molecular weight is 505 g/mol. The normalized spacial score (nSPS) is 17.6. The second kappa shape index (κ2) is 10.5. The predicted octanol–water partition coefficient (Wildman–Crippen LogP) is 4.97. The Balaban J connectivity index is 1.59. The number of phenols is 1. The second-order valence-corrected chi connectivity index (χ2v) is 9.99. The number of hydrogen-bond donors (Lipinski definition) is 1. The van der Waals surface area contributed by atoms with Crippen LogP contribution in [0.15, 0.2) is 42.5 Å². The molecule has 0 spiro atoms. The van der Waals surface area contributed by atoms with Gasteiger partial charge >= 0.3 is 0 Å². The van der Waals surface area contributed by atoms with Crippen LogP contribution in [0.25, 0.3) is 0 Å². The number of nitrogens with zero attached hydrogens (tertiary/aromatic N) is 2. The summed E-state index contributed by atoms with van der Waals surface area (Å²) in [5, 5.41) is 9.72. The van der Waals surface area contributed by atoms with Gasteiger partial charge in [0.1, 0.15) is 5.75 Å². The maximum Gasteiger partial charge on any atom is 0.204 e. The fourth-order valence-electron chi connectivity index (χ4n) is 5.52. The van der Waals surface area contributed by atoms with Crippen molar-refractivity contribution in [1.82, 2.24) is 9.80 Å². The third kappa shape index (κ3) is 4.93. The van der Waals surface area contributed by atoms with Crippen LogP contribution in [0.2, 0.25) is 0 Å². The van der Waals surface area contributed by atoms with Crippen LogP contribution in [0.3, 0.4) is 0 Å². The van der Waals surface area contributed by atoms with Gasteiger partial charge in [0.25, 0.3) is 0 Å². The van der Waals surface area contributed by atoms with Gasteiger partial charge in [-0.15, -0.1) is 0 Å². The highest BCUT2D eigenvalue weighted by molar-refractivity contribution is 5.62. The highest BCUT2D eigenvalue weighted by Gasteiger charge is 2.30. The van der Waals surface area contributed by atoms with Gasteiger partial charge in [0, 0.05) is 31.2 Å². The lowest BCUT2D eigenvalue weighted by Crippen LogP contribution is -2.33. The Kier molecular flexibility index (Phi) is 7.17. The molecule has 7 nitrogen and oxygen atoms in total. The van der Waals surface area contributed by atoms with E-state index in [0.717, 1.165) is 44.5 Å². The summed E-state index contributed by atoms with van der Waals surface area (Å²) < 4.78 is 24.0. The summed E-state index contributed by atoms with van der Waals surface area (Å²) in [5.41, 5.74) is 6.00. The Morgan fingerprint density at radius 3 is 2.22 bits per heavy atom. The molecule has 1 N–H and O–H groups in total. The standard InChI is InChI=1S/C30H36N2O5/c1-31-12-10-21-16-28(35-4)30(36-5)29(24(21)18-31)37-27-17-23-20(15-26(27)34-3)11-13-32(2)25(23)14-19-6-8-22(33)9-7-19/h6-9,15-17,25,33H,10-14,18H2,1-5H3. The van der Waals surface area contributed by atoms with Crippen LogP contribution in [0.4, 0.5) is 0 Å². The van der Waals surface area contributed by atoms with Crippen LogP contribution in [0.5, 0.6) is 34.5 Å². The molecule has 2 aliphatic rings. The van der Waals surface area contributed by atoms with E-state index in [2.05, 4.69) is 42.1 Å². The van der Waals surface area contributed by atoms with Gasteiger partial charge in [-0.3, -0.25) is 4.90 Å². The summed E-state index contributed by atoms with van der Waals surface area (Å²) in [7, 11) is 9.27. The van der Waals surface area contributed by atoms with Crippen LogP contribution >= 0.6 is 0 Å². The minimum Gasteiger partial charge on any atom is -0.508 e. The van der Waals surface area contributed by atoms with Crippen molar-refractivity contribution in [3.05, 3.63) is 70.3 Å². The minimum atomic E-state index is 0.175. The van der Waals surface area contributed by atoms with Gasteiger partial charge in [-0.2, -0.15) is 0 Å². The predicted molar refractivity (Wildman–Crippen MR) is 144 cm³/mol. The van der Waals surface area contributed by atoms with Crippen molar-refractivity contribution in [2.75, 3.05) is 48.5 Å². The van der Waals surface area contributed by atoms with Crippen molar-refractivity contribution >= 4 is 0 Å². The van der Waals surface area contributed by atoms with Crippen molar-refractivity contribution < 1.29 is 24.1 Å². The van der Waals surface area contributed by atoms with Crippen LogP contribution in [0, 0.1) is 0 Å². The third-order valence-electron chi connectivity index (χ3n) is 7.64. The molecule has 1 unspecified atom stereocenters. The fraction of sp³-hybridized carbons (Fsp3) is 0.400. The summed E-state index contributed by atoms with van der Waals surface area (Å²) in [6.45, 7) is 2.71. The largest absolute Gasteiger partial charge is 0.508 e. The Morgan fingerprint density at radius 2 is 1.51 bits per heavy atom. The molecule has 0 saturated heterocycles. The van der Waals surface area contributed by atoms with E-state index in [1.165, 1.54) is 22.3 Å². The summed E-state index contributed by atoms with van der Waals surface area (Å²) in [4.78, 5) is 4.67. The molecule has 0 saturated carbocycles. The zero-order valence-corrected chi connectivity index (χ0v) is 22.3. The Labute approximate surface area is 219 Å². The third-order valence-corrected chi connectivity index (χ3v) is 7.64. The van der Waals surface area contributed by atoms with Gasteiger partial charge in [-0.1, -0.05) is 12.1 Å². The molecular formula is C30H36N2O5. The first kappa shape index (κ1) is 25.2. The number of methoxy groups -OCH3 is 3. The molecule has 0 bridgehead atoms. The Morgan fingerprint density at radius 1 is 0.811 bits per heavy atom. The first-order valence-electron chi connectivity index (χ1n) is 12.7. The van der Waals surface area contributed by atoms with E-state index < -0.39 is 0 Å². The number of phenolic OH excluding ortho intramolecular Hbond substituents is 1. The first-order chi connectivity index (χ1) is 17.9. The zero-order chi connectivity index (χ0) is 26.1. The Bertz CT molecular complexity index is 1270. The molecule has 0 aliphatic carbocycles. The van der Waals surface area contributed by atoms with Gasteiger partial charge in [-0.25, -0.2) is 0 Å². The molecule has 5 rings (SSSR count). The average Bonchev–Trinajstić information content (AvgIpc) is 2.91. The van der Waals surface area contributed by atoms with Gasteiger partial charge in [-0.05, 0) is 85.9 Å². The molecule has 2 heterocycles. The molecule has 0 radical (unpaired) electrons. The molecule has 0 aromatic heterocycles. The van der Waals surface area contributed by atoms with Gasteiger partial charge in [0.2, 0.25) is 5.75 Å². The van der Waals surface area contributed by atoms with Crippen LogP contribution in [-0.4, -0.2) is 63.4 Å². The monoisotopic (exact) mass is 504 g/mol. The maximum absolute atomic E-state index is 9.72. The lowest BCUT2D eigenvalue weighted by atomic mass is 9.88. The quantitative estimate of drug-likeness (QED) is 0.487. The van der Waals surface area contributed by atoms with Crippen LogP contribution < -0.4 is 18.9 Å². The van der Waals surface area contributed by atoms with Crippen LogP contribution in [-0.2, 0) is 25.8 Å². The van der Waals surface area contributed by atoms with E-state index in [9.17, 15) is 5.11 Å². The molecule has 3 aromatic rings. The van der Waals surface area contributed by atoms with Crippen molar-refractivity contribution in [1.29, 1.82) is 0 Å². The number of fused-ring (bicyclic) bond motifs is 2. The molecular weight excluding hydrogens is 468 g/mol. The number of ether oxygens (including phenoxy) is 4. The second-order valence-electron chi connectivity index (χ2n) is 9.99. The Hall–Kier alpha value is -3.42. The summed E-state index contributed by atoms with van der Waals surface area (Å²) in [5.74, 6) is 3.59. The highest BCUT2D eigenvalue weighted by Crippen LogP contribution is 2.48. The molecule has 37 heavy (non-hydrogen) atoms. The van der Waals surface area contributed by atoms with Gasteiger partial charge < -0.3 is 29.0 Å². The van der Waals surface area contributed by atoms with E-state index in [1.807, 2.05) is 12.1 Å². The molecule has 196 valence electrons. The lowest BCUT2D eigenvalue weighted by molar-refractivity contribution is 0.228. The SMILES string of the molecule is COc1cc2c(cc1Oc1c3c(cc(OC)c1OC)CCN(C)C3)C(Cc1ccc(O)cc1)N(C)CC2. The first-order valence-corrected chi connectivity index (χ1v) is 12.7. The highest BCUT2D eigenvalue weighted by atomic mass is 16.5. The van der Waals surface area contributed by atoms with Crippen molar-refractivity contribution in [2.45, 2.75) is 31.8 Å². The van der Waals surface area contributed by atoms with E-state index in [1.54, 1.807) is 33.5 Å². The van der Waals surface area contributed by atoms with Gasteiger partial charge in [0.15, 0.2) is 23.0 Å². The number of benzene rings is 3. The number of hydrogen-bond acceptors (Lipinski definition) is 7. The number of likely N-dealkylation sites (N-methyl/N-ethyl adjacent to an activating group) is 2. The van der Waals surface area contributed by atoms with Crippen molar-refractivity contribution in [3.8, 4) is 34.5 Å². The van der Waals surface area contributed by atoms with Crippen LogP contribution in [0.1, 0.15) is 33.9 Å². The van der Waals surface area contributed by atoms with E-state index in [-0.39, 0.29) is 11.8 Å². The molecule has 2 aliphatic heterocycles. The topological polar surface area (TPSA) is 63.6 Å². The molecule has 1 atom stereocenters. The van der Waals surface area contributed by atoms with Crippen molar-refractivity contribution in [2.24, 2.45) is 0 Å². The molecule has 0 amide bonds. The summed E-state index contributed by atoms with van der Waals surface area (Å²) >= 11 is 0. The lowest BCUT2D eigenvalue weighted by Gasteiger charge is -2.35. The summed E-state index contributed by atoms with van der Waals surface area (Å²) in [6, 6.07) is 14.0. The van der Waals surface area contributed by atoms with Crippen molar-refractivity contribution in [3.63, 3.8) is 0 Å². The molecule has 3 aromatic carbocycles. The summed E-state index contributed by atoms with van der Waals surface area (Å²) in [6.07, 6.45) is 2.69. The minimum absolute atomic E-state index is 0.175. The van der Waals surface area contributed by atoms with Gasteiger partial charge in [0.05, 0.1) is 21.3 Å². The van der Waals surface area contributed by atoms with E-state index in [0.29, 0.717) is 28.7 Å². The fourth-order valence-corrected chi connectivity index (χ4v) is 5.52. The van der Waals surface area contributed by atoms with E-state index >= 15 is 0 Å². The smallest absolute Gasteiger partial charge is 0.204 e. The molecule has 0 fully saturated rings. The zero-order valence-electron chi connectivity index (χ0n) is 22.3. The maximum atomic E-state index is 9.72.